The number of nitriles is 1. The lowest BCUT2D eigenvalue weighted by molar-refractivity contribution is -0.113. The maximum absolute atomic E-state index is 13.0. The van der Waals surface area contributed by atoms with Gasteiger partial charge < -0.3 is 14.8 Å². The molecule has 2 saturated carbocycles. The van der Waals surface area contributed by atoms with Gasteiger partial charge in [0.15, 0.2) is 5.16 Å². The predicted octanol–water partition coefficient (Wildman–Crippen LogP) is 4.74. The first-order valence-corrected chi connectivity index (χ1v) is 13.3. The van der Waals surface area contributed by atoms with Gasteiger partial charge >= 0.3 is 0 Å². The van der Waals surface area contributed by atoms with Crippen LogP contribution in [0.5, 0.6) is 0 Å². The Morgan fingerprint density at radius 2 is 1.73 bits per heavy atom. The first-order chi connectivity index (χ1) is 16.1. The molecule has 2 aromatic rings. The van der Waals surface area contributed by atoms with Crippen molar-refractivity contribution in [1.82, 2.24) is 19.3 Å². The highest BCUT2D eigenvalue weighted by Gasteiger charge is 2.32. The van der Waals surface area contributed by atoms with Crippen molar-refractivity contribution >= 4 is 29.4 Å². The third kappa shape index (κ3) is 4.37. The van der Waals surface area contributed by atoms with E-state index < -0.39 is 0 Å². The van der Waals surface area contributed by atoms with Crippen molar-refractivity contribution in [3.63, 3.8) is 0 Å². The fourth-order valence-electron chi connectivity index (χ4n) is 5.33. The Labute approximate surface area is 199 Å². The van der Waals surface area contributed by atoms with Crippen molar-refractivity contribution in [2.45, 2.75) is 88.9 Å². The summed E-state index contributed by atoms with van der Waals surface area (Å²) in [7, 11) is 0. The van der Waals surface area contributed by atoms with Gasteiger partial charge in [-0.15, -0.1) is 10.2 Å². The van der Waals surface area contributed by atoms with Gasteiger partial charge in [0.25, 0.3) is 0 Å². The van der Waals surface area contributed by atoms with Crippen LogP contribution in [0.25, 0.3) is 0 Å². The third-order valence-corrected chi connectivity index (χ3v) is 8.29. The topological polar surface area (TPSA) is 91.8 Å². The molecule has 8 nitrogen and oxygen atoms in total. The monoisotopic (exact) mass is 467 g/mol. The van der Waals surface area contributed by atoms with Gasteiger partial charge in [-0.2, -0.15) is 5.26 Å². The van der Waals surface area contributed by atoms with E-state index in [2.05, 4.69) is 42.5 Å². The van der Waals surface area contributed by atoms with Crippen LogP contribution in [0.3, 0.4) is 0 Å². The summed E-state index contributed by atoms with van der Waals surface area (Å²) in [4.78, 5) is 15.4. The number of carbonyl (C=O) groups is 1. The van der Waals surface area contributed by atoms with Crippen LogP contribution in [0.1, 0.15) is 86.7 Å². The highest BCUT2D eigenvalue weighted by molar-refractivity contribution is 7.99. The second-order valence-electron chi connectivity index (χ2n) is 9.62. The maximum Gasteiger partial charge on any atom is 0.235 e. The SMILES string of the molecule is Cc1c(C#N)c(NC(=O)CSc2nnc(N3CCCCC3)n2C2CC2)n(C2CCCC2)c1C. The minimum absolute atomic E-state index is 0.0990. The normalized spacial score (nSPS) is 19.1. The predicted molar refractivity (Wildman–Crippen MR) is 130 cm³/mol. The number of thioether (sulfide) groups is 1. The molecule has 1 amide bonds. The van der Waals surface area contributed by atoms with Crippen LogP contribution < -0.4 is 10.2 Å². The molecule has 176 valence electrons. The Hall–Kier alpha value is -2.47. The molecule has 0 aromatic carbocycles. The second kappa shape index (κ2) is 9.41. The van der Waals surface area contributed by atoms with E-state index in [1.807, 2.05) is 6.92 Å². The van der Waals surface area contributed by atoms with Gasteiger partial charge in [0.2, 0.25) is 11.9 Å². The largest absolute Gasteiger partial charge is 0.341 e. The molecule has 0 radical (unpaired) electrons. The van der Waals surface area contributed by atoms with Crippen LogP contribution in [-0.4, -0.2) is 44.1 Å². The van der Waals surface area contributed by atoms with Gasteiger partial charge in [-0.1, -0.05) is 24.6 Å². The van der Waals surface area contributed by atoms with Gasteiger partial charge in [-0.05, 0) is 64.4 Å². The van der Waals surface area contributed by atoms with Gasteiger partial charge in [-0.25, -0.2) is 0 Å². The van der Waals surface area contributed by atoms with Crippen LogP contribution >= 0.6 is 11.8 Å². The highest BCUT2D eigenvalue weighted by Crippen LogP contribution is 2.41. The Bertz CT molecular complexity index is 1070. The smallest absolute Gasteiger partial charge is 0.235 e. The number of anilines is 2. The lowest BCUT2D eigenvalue weighted by Gasteiger charge is -2.27. The van der Waals surface area contributed by atoms with Crippen molar-refractivity contribution in [1.29, 1.82) is 5.26 Å². The number of hydrogen-bond acceptors (Lipinski definition) is 6. The zero-order chi connectivity index (χ0) is 22.9. The molecule has 3 heterocycles. The van der Waals surface area contributed by atoms with Crippen molar-refractivity contribution in [3.8, 4) is 6.07 Å². The van der Waals surface area contributed by atoms with Gasteiger partial charge in [0.1, 0.15) is 11.9 Å². The summed E-state index contributed by atoms with van der Waals surface area (Å²) in [6, 6.07) is 3.14. The van der Waals surface area contributed by atoms with Crippen molar-refractivity contribution in [2.24, 2.45) is 0 Å². The van der Waals surface area contributed by atoms with Gasteiger partial charge in [0, 0.05) is 30.9 Å². The standard InChI is InChI=1S/C24H33N7OS/c1-16-17(2)30(18-8-4-5-9-18)22(20(16)14-25)26-21(32)15-33-24-28-27-23(31(24)19-10-11-19)29-12-6-3-7-13-29/h18-19H,3-13,15H2,1-2H3,(H,26,32). The van der Waals surface area contributed by atoms with E-state index in [1.54, 1.807) is 0 Å². The van der Waals surface area contributed by atoms with Crippen molar-refractivity contribution < 1.29 is 4.79 Å². The molecule has 0 spiro atoms. The fourth-order valence-corrected chi connectivity index (χ4v) is 6.13. The van der Waals surface area contributed by atoms with E-state index >= 15 is 0 Å². The van der Waals surface area contributed by atoms with Gasteiger partial charge in [0.05, 0.1) is 11.3 Å². The molecule has 1 aliphatic heterocycles. The number of rotatable bonds is 7. The van der Waals surface area contributed by atoms with E-state index in [-0.39, 0.29) is 11.7 Å². The van der Waals surface area contributed by atoms with E-state index in [1.165, 1.54) is 43.9 Å². The molecule has 0 atom stereocenters. The second-order valence-corrected chi connectivity index (χ2v) is 10.6. The lowest BCUT2D eigenvalue weighted by Crippen LogP contribution is -2.32. The summed E-state index contributed by atoms with van der Waals surface area (Å²) in [6.07, 6.45) is 10.6. The average molecular weight is 468 g/mol. The summed E-state index contributed by atoms with van der Waals surface area (Å²) in [5, 5.41) is 22.7. The number of hydrogen-bond donors (Lipinski definition) is 1. The first kappa shape index (κ1) is 22.3. The number of nitrogens with zero attached hydrogens (tertiary/aromatic N) is 6. The Balaban J connectivity index is 1.32. The lowest BCUT2D eigenvalue weighted by atomic mass is 10.1. The van der Waals surface area contributed by atoms with E-state index in [4.69, 9.17) is 0 Å². The molecule has 3 aliphatic rings. The Morgan fingerprint density at radius 1 is 1.03 bits per heavy atom. The minimum atomic E-state index is -0.0990. The highest BCUT2D eigenvalue weighted by atomic mass is 32.2. The van der Waals surface area contributed by atoms with Crippen LogP contribution in [0.4, 0.5) is 11.8 Å². The number of aromatic nitrogens is 4. The Morgan fingerprint density at radius 3 is 2.39 bits per heavy atom. The molecular weight excluding hydrogens is 434 g/mol. The molecular formula is C24H33N7OS. The first-order valence-electron chi connectivity index (χ1n) is 12.3. The molecule has 2 aromatic heterocycles. The summed E-state index contributed by atoms with van der Waals surface area (Å²) < 4.78 is 4.45. The zero-order valence-electron chi connectivity index (χ0n) is 19.6. The van der Waals surface area contributed by atoms with Crippen LogP contribution in [0.2, 0.25) is 0 Å². The van der Waals surface area contributed by atoms with Crippen LogP contribution in [0, 0.1) is 25.2 Å². The quantitative estimate of drug-likeness (QED) is 0.592. The molecule has 5 rings (SSSR count). The molecule has 9 heteroatoms. The molecule has 2 aliphatic carbocycles. The zero-order valence-corrected chi connectivity index (χ0v) is 20.5. The molecule has 1 saturated heterocycles. The molecule has 0 bridgehead atoms. The van der Waals surface area contributed by atoms with Crippen LogP contribution in [0.15, 0.2) is 5.16 Å². The number of nitrogens with one attached hydrogen (secondary N) is 1. The molecule has 1 N–H and O–H groups in total. The molecule has 0 unspecified atom stereocenters. The van der Waals surface area contributed by atoms with Gasteiger partial charge in [-0.3, -0.25) is 9.36 Å². The molecule has 3 fully saturated rings. The van der Waals surface area contributed by atoms with E-state index in [0.29, 0.717) is 23.5 Å². The number of piperidine rings is 1. The number of carbonyl (C=O) groups excluding carboxylic acids is 1. The van der Waals surface area contributed by atoms with Crippen molar-refractivity contribution in [2.75, 3.05) is 29.1 Å². The number of amides is 1. The van der Waals surface area contributed by atoms with E-state index in [9.17, 15) is 10.1 Å². The molecule has 33 heavy (non-hydrogen) atoms. The van der Waals surface area contributed by atoms with Crippen LogP contribution in [-0.2, 0) is 4.79 Å². The summed E-state index contributed by atoms with van der Waals surface area (Å²) >= 11 is 1.45. The summed E-state index contributed by atoms with van der Waals surface area (Å²) in [6.45, 7) is 6.09. The third-order valence-electron chi connectivity index (χ3n) is 7.35. The average Bonchev–Trinajstić information content (AvgIpc) is 3.26. The minimum Gasteiger partial charge on any atom is -0.341 e. The summed E-state index contributed by atoms with van der Waals surface area (Å²) in [5.41, 5.74) is 2.64. The summed E-state index contributed by atoms with van der Waals surface area (Å²) in [5.74, 6) is 1.79. The van der Waals surface area contributed by atoms with Crippen molar-refractivity contribution in [3.05, 3.63) is 16.8 Å². The maximum atomic E-state index is 13.0. The van der Waals surface area contributed by atoms with E-state index in [0.717, 1.165) is 61.1 Å². The fraction of sp³-hybridized carbons (Fsp3) is 0.667. The Kier molecular flexibility index (Phi) is 6.37.